The maximum Gasteiger partial charge on any atom is 0.241 e. The van der Waals surface area contributed by atoms with Crippen molar-refractivity contribution in [3.05, 3.63) is 29.8 Å². The molecule has 1 aromatic rings. The van der Waals surface area contributed by atoms with Gasteiger partial charge in [0.2, 0.25) is 10.0 Å². The van der Waals surface area contributed by atoms with E-state index in [4.69, 9.17) is 5.21 Å². The van der Waals surface area contributed by atoms with Crippen LogP contribution in [0.25, 0.3) is 0 Å². The molecular weight excluding hydrogens is 252 g/mol. The Morgan fingerprint density at radius 1 is 1.28 bits per heavy atom. The zero-order valence-corrected chi connectivity index (χ0v) is 11.7. The van der Waals surface area contributed by atoms with Crippen LogP contribution < -0.4 is 4.72 Å². The third-order valence-electron chi connectivity index (χ3n) is 2.78. The highest BCUT2D eigenvalue weighted by Crippen LogP contribution is 2.15. The first kappa shape index (κ1) is 14.7. The van der Waals surface area contributed by atoms with Gasteiger partial charge >= 0.3 is 0 Å². The molecule has 18 heavy (non-hydrogen) atoms. The molecule has 0 saturated carbocycles. The van der Waals surface area contributed by atoms with Crippen LogP contribution in [-0.2, 0) is 10.0 Å². The normalized spacial score (nSPS) is 13.7. The average Bonchev–Trinajstić information content (AvgIpc) is 2.27. The summed E-state index contributed by atoms with van der Waals surface area (Å²) in [4.78, 5) is 0.187. The predicted molar refractivity (Wildman–Crippen MR) is 70.5 cm³/mol. The van der Waals surface area contributed by atoms with Gasteiger partial charge < -0.3 is 5.21 Å². The van der Waals surface area contributed by atoms with E-state index in [1.165, 1.54) is 0 Å². The fourth-order valence-electron chi connectivity index (χ4n) is 1.31. The highest BCUT2D eigenvalue weighted by Gasteiger charge is 2.29. The Balaban J connectivity index is 3.06. The quantitative estimate of drug-likeness (QED) is 0.498. The van der Waals surface area contributed by atoms with Gasteiger partial charge in [0.15, 0.2) is 0 Å². The van der Waals surface area contributed by atoms with E-state index in [0.29, 0.717) is 0 Å². The molecule has 0 heterocycles. The Labute approximate surface area is 108 Å². The molecule has 5 nitrogen and oxygen atoms in total. The molecule has 0 unspecified atom stereocenters. The molecule has 0 bridgehead atoms. The minimum Gasteiger partial charge on any atom is -0.411 e. The van der Waals surface area contributed by atoms with Crippen LogP contribution in [0.5, 0.6) is 0 Å². The third-order valence-corrected chi connectivity index (χ3v) is 4.45. The van der Waals surface area contributed by atoms with Crippen LogP contribution in [0.3, 0.4) is 0 Å². The van der Waals surface area contributed by atoms with Crippen LogP contribution in [0.4, 0.5) is 0 Å². The van der Waals surface area contributed by atoms with Crippen LogP contribution in [0.2, 0.25) is 0 Å². The maximum atomic E-state index is 12.1. The van der Waals surface area contributed by atoms with Crippen molar-refractivity contribution in [3.8, 4) is 0 Å². The number of sulfonamides is 1. The summed E-state index contributed by atoms with van der Waals surface area (Å²) >= 11 is 0. The van der Waals surface area contributed by atoms with Gasteiger partial charge in [-0.15, -0.1) is 0 Å². The third kappa shape index (κ3) is 3.30. The molecular formula is C12H18N2O3S. The van der Waals surface area contributed by atoms with Gasteiger partial charge in [-0.05, 0) is 39.8 Å². The van der Waals surface area contributed by atoms with Gasteiger partial charge in [-0.25, -0.2) is 8.42 Å². The zero-order chi connectivity index (χ0) is 14.0. The van der Waals surface area contributed by atoms with Crippen molar-refractivity contribution in [3.63, 3.8) is 0 Å². The van der Waals surface area contributed by atoms with Crippen LogP contribution in [-0.4, -0.2) is 24.9 Å². The lowest BCUT2D eigenvalue weighted by Gasteiger charge is -2.24. The Morgan fingerprint density at radius 2 is 1.78 bits per heavy atom. The largest absolute Gasteiger partial charge is 0.411 e. The Morgan fingerprint density at radius 3 is 2.22 bits per heavy atom. The van der Waals surface area contributed by atoms with E-state index < -0.39 is 15.6 Å². The molecule has 2 N–H and O–H groups in total. The summed E-state index contributed by atoms with van der Waals surface area (Å²) in [5.41, 5.74) is 0.331. The van der Waals surface area contributed by atoms with E-state index in [9.17, 15) is 8.42 Å². The van der Waals surface area contributed by atoms with E-state index in [1.54, 1.807) is 45.0 Å². The summed E-state index contributed by atoms with van der Waals surface area (Å²) in [6, 6.07) is 6.54. The monoisotopic (exact) mass is 270 g/mol. The lowest BCUT2D eigenvalue weighted by molar-refractivity contribution is 0.313. The summed E-state index contributed by atoms with van der Waals surface area (Å²) in [5.74, 6) is 0. The topological polar surface area (TPSA) is 78.8 Å². The molecule has 0 saturated heterocycles. The Kier molecular flexibility index (Phi) is 4.13. The molecule has 1 rings (SSSR count). The van der Waals surface area contributed by atoms with Gasteiger partial charge in [-0.1, -0.05) is 22.9 Å². The van der Waals surface area contributed by atoms with Gasteiger partial charge in [0.1, 0.15) is 0 Å². The number of rotatable bonds is 4. The first-order valence-electron chi connectivity index (χ1n) is 5.49. The van der Waals surface area contributed by atoms with Crippen molar-refractivity contribution in [2.75, 3.05) is 0 Å². The van der Waals surface area contributed by atoms with Crippen molar-refractivity contribution in [2.24, 2.45) is 5.16 Å². The molecule has 0 atom stereocenters. The molecule has 0 amide bonds. The fraction of sp³-hybridized carbons (Fsp3) is 0.417. The number of benzene rings is 1. The van der Waals surface area contributed by atoms with Crippen molar-refractivity contribution in [1.29, 1.82) is 0 Å². The summed E-state index contributed by atoms with van der Waals surface area (Å²) in [6.45, 7) is 6.70. The number of hydrogen-bond donors (Lipinski definition) is 2. The molecule has 6 heteroatoms. The first-order chi connectivity index (χ1) is 8.19. The van der Waals surface area contributed by atoms with Crippen LogP contribution in [0, 0.1) is 6.92 Å². The molecule has 0 radical (unpaired) electrons. The zero-order valence-electron chi connectivity index (χ0n) is 10.9. The van der Waals surface area contributed by atoms with E-state index in [0.717, 1.165) is 5.56 Å². The van der Waals surface area contributed by atoms with Crippen molar-refractivity contribution < 1.29 is 13.6 Å². The molecule has 100 valence electrons. The molecule has 0 aliphatic heterocycles. The highest BCUT2D eigenvalue weighted by atomic mass is 32.2. The van der Waals surface area contributed by atoms with Crippen molar-refractivity contribution in [2.45, 2.75) is 38.1 Å². The lowest BCUT2D eigenvalue weighted by atomic mass is 10.0. The van der Waals surface area contributed by atoms with Crippen molar-refractivity contribution >= 4 is 15.7 Å². The molecule has 0 spiro atoms. The average molecular weight is 270 g/mol. The van der Waals surface area contributed by atoms with Crippen molar-refractivity contribution in [1.82, 2.24) is 4.72 Å². The number of hydrogen-bond acceptors (Lipinski definition) is 4. The summed E-state index contributed by atoms with van der Waals surface area (Å²) in [7, 11) is -3.63. The van der Waals surface area contributed by atoms with Crippen LogP contribution in [0.1, 0.15) is 26.3 Å². The smallest absolute Gasteiger partial charge is 0.241 e. The minimum absolute atomic E-state index is 0.187. The van der Waals surface area contributed by atoms with E-state index in [2.05, 4.69) is 9.88 Å². The first-order valence-corrected chi connectivity index (χ1v) is 6.97. The van der Waals surface area contributed by atoms with E-state index in [-0.39, 0.29) is 10.6 Å². The minimum atomic E-state index is -3.63. The predicted octanol–water partition coefficient (Wildman–Crippen LogP) is 1.90. The molecule has 0 aromatic heterocycles. The SMILES string of the molecule is CC(=NO)C(C)(C)NS(=O)(=O)c1ccc(C)cc1. The summed E-state index contributed by atoms with van der Waals surface area (Å²) in [6.07, 6.45) is 0. The van der Waals surface area contributed by atoms with Gasteiger partial charge in [0.05, 0.1) is 16.1 Å². The van der Waals surface area contributed by atoms with Crippen LogP contribution in [0.15, 0.2) is 34.3 Å². The molecule has 0 aliphatic rings. The Hall–Kier alpha value is -1.40. The van der Waals surface area contributed by atoms with Crippen LogP contribution >= 0.6 is 0 Å². The van der Waals surface area contributed by atoms with Gasteiger partial charge in [0.25, 0.3) is 0 Å². The standard InChI is InChI=1S/C12H18N2O3S/c1-9-5-7-11(8-6-9)18(16,17)14-12(3,4)10(2)13-15/h5-8,14-15H,1-4H3. The maximum absolute atomic E-state index is 12.1. The second-order valence-electron chi connectivity index (χ2n) is 4.73. The van der Waals surface area contributed by atoms with Gasteiger partial charge in [-0.2, -0.15) is 4.72 Å². The number of aryl methyl sites for hydroxylation is 1. The lowest BCUT2D eigenvalue weighted by Crippen LogP contribution is -2.48. The number of nitrogens with one attached hydrogen (secondary N) is 1. The van der Waals surface area contributed by atoms with Gasteiger partial charge in [-0.3, -0.25) is 0 Å². The fourth-order valence-corrected chi connectivity index (χ4v) is 2.74. The second kappa shape index (κ2) is 5.07. The van der Waals surface area contributed by atoms with Gasteiger partial charge in [0, 0.05) is 0 Å². The summed E-state index contributed by atoms with van der Waals surface area (Å²) in [5, 5.41) is 11.8. The number of oxime groups is 1. The Bertz CT molecular complexity index is 545. The molecule has 0 aliphatic carbocycles. The van der Waals surface area contributed by atoms with E-state index in [1.807, 2.05) is 6.92 Å². The second-order valence-corrected chi connectivity index (χ2v) is 6.41. The molecule has 0 fully saturated rings. The molecule has 1 aromatic carbocycles. The highest BCUT2D eigenvalue weighted by molar-refractivity contribution is 7.89. The number of nitrogens with zero attached hydrogens (tertiary/aromatic N) is 1. The summed E-state index contributed by atoms with van der Waals surface area (Å²) < 4.78 is 26.8. The van der Waals surface area contributed by atoms with E-state index >= 15 is 0 Å².